The largest absolute Gasteiger partial charge is 0.478 e. The van der Waals surface area contributed by atoms with Crippen molar-refractivity contribution in [2.45, 2.75) is 4.90 Å². The van der Waals surface area contributed by atoms with E-state index in [1.54, 1.807) is 12.1 Å². The minimum absolute atomic E-state index is 0.105. The van der Waals surface area contributed by atoms with Crippen LogP contribution in [0.25, 0.3) is 0 Å². The number of likely N-dealkylation sites (N-methyl/N-ethyl adjacent to an activating group) is 1. The highest BCUT2D eigenvalue weighted by atomic mass is 79.9. The van der Waals surface area contributed by atoms with E-state index in [2.05, 4.69) is 20.8 Å². The summed E-state index contributed by atoms with van der Waals surface area (Å²) >= 11 is 4.58. The van der Waals surface area contributed by atoms with E-state index in [1.165, 1.54) is 11.8 Å². The van der Waals surface area contributed by atoms with Crippen molar-refractivity contribution in [1.29, 1.82) is 0 Å². The molecule has 0 aromatic heterocycles. The van der Waals surface area contributed by atoms with E-state index in [0.29, 0.717) is 10.2 Å². The quantitative estimate of drug-likeness (QED) is 0.819. The zero-order chi connectivity index (χ0) is 15.4. The predicted molar refractivity (Wildman–Crippen MR) is 85.9 cm³/mol. The molecule has 0 unspecified atom stereocenters. The molecule has 0 bridgehead atoms. The van der Waals surface area contributed by atoms with E-state index < -0.39 is 5.97 Å². The van der Waals surface area contributed by atoms with Crippen LogP contribution in [0.4, 0.5) is 0 Å². The van der Waals surface area contributed by atoms with Gasteiger partial charge in [0.2, 0.25) is 5.91 Å². The standard InChI is InChI=1S/C14H17BrN2O3S/c1-16-4-6-17(7-5-16)13(18)9-21-10-2-3-12(15)11(8-10)14(19)20/h2-3,8H,4-7,9H2,1H3,(H,19,20). The molecule has 0 atom stereocenters. The minimum Gasteiger partial charge on any atom is -0.478 e. The number of carboxylic acids is 1. The first-order valence-corrected chi connectivity index (χ1v) is 8.37. The summed E-state index contributed by atoms with van der Waals surface area (Å²) < 4.78 is 0.546. The molecular weight excluding hydrogens is 356 g/mol. The first-order valence-electron chi connectivity index (χ1n) is 6.59. The lowest BCUT2D eigenvalue weighted by atomic mass is 10.2. The number of carbonyl (C=O) groups excluding carboxylic acids is 1. The van der Waals surface area contributed by atoms with Gasteiger partial charge in [0, 0.05) is 35.5 Å². The van der Waals surface area contributed by atoms with Crippen LogP contribution in [0.2, 0.25) is 0 Å². The van der Waals surface area contributed by atoms with Gasteiger partial charge < -0.3 is 14.9 Å². The van der Waals surface area contributed by atoms with Crippen LogP contribution in [-0.2, 0) is 4.79 Å². The number of benzene rings is 1. The molecule has 1 saturated heterocycles. The number of carbonyl (C=O) groups is 2. The van der Waals surface area contributed by atoms with E-state index in [0.717, 1.165) is 31.1 Å². The van der Waals surface area contributed by atoms with Gasteiger partial charge in [0.25, 0.3) is 0 Å². The zero-order valence-corrected chi connectivity index (χ0v) is 14.1. The van der Waals surface area contributed by atoms with Crippen LogP contribution in [0.5, 0.6) is 0 Å². The van der Waals surface area contributed by atoms with Gasteiger partial charge in [-0.25, -0.2) is 4.79 Å². The third-order valence-corrected chi connectivity index (χ3v) is 5.06. The van der Waals surface area contributed by atoms with Crippen LogP contribution in [-0.4, -0.2) is 65.8 Å². The molecule has 1 aliphatic heterocycles. The summed E-state index contributed by atoms with van der Waals surface area (Å²) in [5, 5.41) is 9.08. The molecule has 2 rings (SSSR count). The fourth-order valence-corrected chi connectivity index (χ4v) is 3.30. The average Bonchev–Trinajstić information content (AvgIpc) is 2.46. The fraction of sp³-hybridized carbons (Fsp3) is 0.429. The number of halogens is 1. The molecule has 1 fully saturated rings. The topological polar surface area (TPSA) is 60.9 Å². The maximum absolute atomic E-state index is 12.1. The van der Waals surface area contributed by atoms with Crippen LogP contribution >= 0.6 is 27.7 Å². The van der Waals surface area contributed by atoms with Gasteiger partial charge in [0.1, 0.15) is 0 Å². The SMILES string of the molecule is CN1CCN(C(=O)CSc2ccc(Br)c(C(=O)O)c2)CC1. The lowest BCUT2D eigenvalue weighted by Gasteiger charge is -2.32. The van der Waals surface area contributed by atoms with Crippen molar-refractivity contribution in [1.82, 2.24) is 9.80 Å². The van der Waals surface area contributed by atoms with Crippen molar-refractivity contribution in [2.75, 3.05) is 39.0 Å². The highest BCUT2D eigenvalue weighted by Crippen LogP contribution is 2.25. The van der Waals surface area contributed by atoms with Crippen LogP contribution in [0, 0.1) is 0 Å². The zero-order valence-electron chi connectivity index (χ0n) is 11.7. The van der Waals surface area contributed by atoms with Gasteiger partial charge in [-0.15, -0.1) is 11.8 Å². The Hall–Kier alpha value is -1.05. The number of hydrogen-bond donors (Lipinski definition) is 1. The van der Waals surface area contributed by atoms with Gasteiger partial charge in [-0.2, -0.15) is 0 Å². The maximum atomic E-state index is 12.1. The summed E-state index contributed by atoms with van der Waals surface area (Å²) in [7, 11) is 2.05. The second-order valence-corrected chi connectivity index (χ2v) is 6.82. The Morgan fingerprint density at radius 1 is 1.29 bits per heavy atom. The Labute approximate surface area is 136 Å². The van der Waals surface area contributed by atoms with Crippen molar-refractivity contribution in [2.24, 2.45) is 0 Å². The van der Waals surface area contributed by atoms with Gasteiger partial charge in [-0.05, 0) is 41.2 Å². The summed E-state index contributed by atoms with van der Waals surface area (Å²) in [5.41, 5.74) is 0.215. The molecule has 1 amide bonds. The van der Waals surface area contributed by atoms with Crippen molar-refractivity contribution in [3.8, 4) is 0 Å². The van der Waals surface area contributed by atoms with E-state index in [-0.39, 0.29) is 11.5 Å². The molecule has 1 aliphatic rings. The highest BCUT2D eigenvalue weighted by Gasteiger charge is 2.19. The molecule has 114 valence electrons. The van der Waals surface area contributed by atoms with Crippen LogP contribution in [0.1, 0.15) is 10.4 Å². The summed E-state index contributed by atoms with van der Waals surface area (Å²) in [4.78, 5) is 28.1. The van der Waals surface area contributed by atoms with Crippen molar-refractivity contribution in [3.63, 3.8) is 0 Å². The summed E-state index contributed by atoms with van der Waals surface area (Å²) in [5.74, 6) is -0.535. The number of carboxylic acid groups (broad SMARTS) is 1. The number of hydrogen-bond acceptors (Lipinski definition) is 4. The van der Waals surface area contributed by atoms with Crippen molar-refractivity contribution < 1.29 is 14.7 Å². The molecule has 0 spiro atoms. The van der Waals surface area contributed by atoms with E-state index in [1.807, 2.05) is 18.0 Å². The number of rotatable bonds is 4. The molecule has 0 radical (unpaired) electrons. The lowest BCUT2D eigenvalue weighted by molar-refractivity contribution is -0.129. The van der Waals surface area contributed by atoms with Crippen LogP contribution in [0.3, 0.4) is 0 Å². The Morgan fingerprint density at radius 3 is 2.57 bits per heavy atom. The second-order valence-electron chi connectivity index (χ2n) is 4.92. The third-order valence-electron chi connectivity index (χ3n) is 3.39. The van der Waals surface area contributed by atoms with E-state index in [4.69, 9.17) is 5.11 Å². The van der Waals surface area contributed by atoms with Crippen molar-refractivity contribution >= 4 is 39.6 Å². The fourth-order valence-electron chi connectivity index (χ4n) is 2.05. The monoisotopic (exact) mass is 372 g/mol. The van der Waals surface area contributed by atoms with Crippen LogP contribution in [0.15, 0.2) is 27.6 Å². The average molecular weight is 373 g/mol. The number of amides is 1. The number of thioether (sulfide) groups is 1. The Balaban J connectivity index is 1.92. The predicted octanol–water partition coefficient (Wildman–Crippen LogP) is 2.01. The molecule has 0 aliphatic carbocycles. The maximum Gasteiger partial charge on any atom is 0.336 e. The number of aromatic carboxylic acids is 1. The highest BCUT2D eigenvalue weighted by molar-refractivity contribution is 9.10. The molecule has 1 aromatic carbocycles. The minimum atomic E-state index is -0.977. The van der Waals surface area contributed by atoms with E-state index >= 15 is 0 Å². The summed E-state index contributed by atoms with van der Waals surface area (Å²) in [6, 6.07) is 5.11. The molecule has 5 nitrogen and oxygen atoms in total. The second kappa shape index (κ2) is 7.29. The third kappa shape index (κ3) is 4.46. The van der Waals surface area contributed by atoms with Crippen molar-refractivity contribution in [3.05, 3.63) is 28.2 Å². The molecular formula is C14H17BrN2O3S. The van der Waals surface area contributed by atoms with Gasteiger partial charge in [-0.1, -0.05) is 0 Å². The van der Waals surface area contributed by atoms with Gasteiger partial charge in [-0.3, -0.25) is 4.79 Å². The molecule has 1 heterocycles. The molecule has 1 N–H and O–H groups in total. The molecule has 0 saturated carbocycles. The van der Waals surface area contributed by atoms with Gasteiger partial charge in [0.15, 0.2) is 0 Å². The van der Waals surface area contributed by atoms with Gasteiger partial charge in [0.05, 0.1) is 11.3 Å². The first kappa shape index (κ1) is 16.3. The van der Waals surface area contributed by atoms with Crippen LogP contribution < -0.4 is 0 Å². The normalized spacial score (nSPS) is 16.0. The molecule has 7 heteroatoms. The first-order chi connectivity index (χ1) is 9.97. The smallest absolute Gasteiger partial charge is 0.336 e. The molecule has 1 aromatic rings. The number of piperazine rings is 1. The molecule has 21 heavy (non-hydrogen) atoms. The lowest BCUT2D eigenvalue weighted by Crippen LogP contribution is -2.47. The Bertz CT molecular complexity index is 545. The number of nitrogens with zero attached hydrogens (tertiary/aromatic N) is 2. The Morgan fingerprint density at radius 2 is 1.95 bits per heavy atom. The van der Waals surface area contributed by atoms with E-state index in [9.17, 15) is 9.59 Å². The van der Waals surface area contributed by atoms with Gasteiger partial charge >= 0.3 is 5.97 Å². The summed E-state index contributed by atoms with van der Waals surface area (Å²) in [6.45, 7) is 3.32. The summed E-state index contributed by atoms with van der Waals surface area (Å²) in [6.07, 6.45) is 0. The Kier molecular flexibility index (Phi) is 5.66.